The molecule has 0 unspecified atom stereocenters. The van der Waals surface area contributed by atoms with Crippen LogP contribution in [0, 0.1) is 6.92 Å². The normalized spacial score (nSPS) is 10.1. The Labute approximate surface area is 106 Å². The molecule has 0 aliphatic rings. The summed E-state index contributed by atoms with van der Waals surface area (Å²) in [5.41, 5.74) is 2.90. The molecule has 2 aromatic rings. The minimum atomic E-state index is -0.912. The highest BCUT2D eigenvalue weighted by molar-refractivity contribution is 5.97. The second-order valence-electron chi connectivity index (χ2n) is 4.03. The number of benzene rings is 2. The van der Waals surface area contributed by atoms with Crippen LogP contribution in [0.15, 0.2) is 42.5 Å². The SMILES string of the molecule is COc1ccc(-c2c(C)cccc2C(=O)O)cc1. The Bertz CT molecular complexity index is 571. The first-order valence-electron chi connectivity index (χ1n) is 5.61. The molecule has 2 aromatic carbocycles. The molecule has 92 valence electrons. The lowest BCUT2D eigenvalue weighted by Crippen LogP contribution is -2.01. The summed E-state index contributed by atoms with van der Waals surface area (Å²) in [5.74, 6) is -0.159. The number of aromatic carboxylic acids is 1. The van der Waals surface area contributed by atoms with Gasteiger partial charge in [0.2, 0.25) is 0 Å². The van der Waals surface area contributed by atoms with Gasteiger partial charge in [-0.1, -0.05) is 24.3 Å². The van der Waals surface area contributed by atoms with Crippen molar-refractivity contribution in [1.82, 2.24) is 0 Å². The molecule has 18 heavy (non-hydrogen) atoms. The summed E-state index contributed by atoms with van der Waals surface area (Å²) in [6.45, 7) is 1.91. The number of rotatable bonds is 3. The summed E-state index contributed by atoms with van der Waals surface area (Å²) >= 11 is 0. The molecule has 0 amide bonds. The predicted molar refractivity (Wildman–Crippen MR) is 70.1 cm³/mol. The maximum atomic E-state index is 11.2. The zero-order valence-electron chi connectivity index (χ0n) is 10.3. The molecule has 0 aliphatic carbocycles. The number of aryl methyl sites for hydroxylation is 1. The van der Waals surface area contributed by atoms with Crippen LogP contribution in [0.2, 0.25) is 0 Å². The number of ether oxygens (including phenoxy) is 1. The Morgan fingerprint density at radius 1 is 1.11 bits per heavy atom. The zero-order chi connectivity index (χ0) is 13.1. The number of carbonyl (C=O) groups is 1. The molecule has 2 rings (SSSR count). The molecule has 0 saturated heterocycles. The smallest absolute Gasteiger partial charge is 0.336 e. The number of carboxylic acid groups (broad SMARTS) is 1. The first-order chi connectivity index (χ1) is 8.63. The molecule has 0 spiro atoms. The van der Waals surface area contributed by atoms with E-state index in [1.54, 1.807) is 19.2 Å². The van der Waals surface area contributed by atoms with Crippen molar-refractivity contribution in [2.75, 3.05) is 7.11 Å². The summed E-state index contributed by atoms with van der Waals surface area (Å²) in [6, 6.07) is 12.7. The lowest BCUT2D eigenvalue weighted by Gasteiger charge is -2.10. The van der Waals surface area contributed by atoms with E-state index in [0.717, 1.165) is 22.4 Å². The Morgan fingerprint density at radius 3 is 2.33 bits per heavy atom. The maximum absolute atomic E-state index is 11.2. The molecule has 0 saturated carbocycles. The van der Waals surface area contributed by atoms with Crippen LogP contribution in [0.5, 0.6) is 5.75 Å². The van der Waals surface area contributed by atoms with Crippen molar-refractivity contribution >= 4 is 5.97 Å². The van der Waals surface area contributed by atoms with E-state index in [1.807, 2.05) is 37.3 Å². The van der Waals surface area contributed by atoms with E-state index in [0.29, 0.717) is 5.56 Å². The van der Waals surface area contributed by atoms with Crippen molar-refractivity contribution in [1.29, 1.82) is 0 Å². The topological polar surface area (TPSA) is 46.5 Å². The summed E-state index contributed by atoms with van der Waals surface area (Å²) in [5, 5.41) is 9.23. The number of methoxy groups -OCH3 is 1. The molecule has 0 aliphatic heterocycles. The van der Waals surface area contributed by atoms with E-state index in [1.165, 1.54) is 0 Å². The van der Waals surface area contributed by atoms with Gasteiger partial charge in [0.15, 0.2) is 0 Å². The Balaban J connectivity index is 2.58. The fourth-order valence-corrected chi connectivity index (χ4v) is 1.99. The molecule has 3 heteroatoms. The lowest BCUT2D eigenvalue weighted by atomic mass is 9.95. The van der Waals surface area contributed by atoms with Gasteiger partial charge >= 0.3 is 5.97 Å². The Kier molecular flexibility index (Phi) is 3.33. The van der Waals surface area contributed by atoms with Crippen molar-refractivity contribution in [3.8, 4) is 16.9 Å². The average Bonchev–Trinajstić information content (AvgIpc) is 2.38. The van der Waals surface area contributed by atoms with E-state index in [4.69, 9.17) is 4.74 Å². The second kappa shape index (κ2) is 4.92. The monoisotopic (exact) mass is 242 g/mol. The minimum Gasteiger partial charge on any atom is -0.497 e. The number of hydrogen-bond acceptors (Lipinski definition) is 2. The van der Waals surface area contributed by atoms with Crippen LogP contribution in [0.25, 0.3) is 11.1 Å². The fourth-order valence-electron chi connectivity index (χ4n) is 1.99. The van der Waals surface area contributed by atoms with Gasteiger partial charge in [0.1, 0.15) is 5.75 Å². The lowest BCUT2D eigenvalue weighted by molar-refractivity contribution is 0.0697. The van der Waals surface area contributed by atoms with Crippen LogP contribution in [0.3, 0.4) is 0 Å². The first kappa shape index (κ1) is 12.2. The number of hydrogen-bond donors (Lipinski definition) is 1. The highest BCUT2D eigenvalue weighted by Crippen LogP contribution is 2.29. The summed E-state index contributed by atoms with van der Waals surface area (Å²) in [6.07, 6.45) is 0. The van der Waals surface area contributed by atoms with Gasteiger partial charge in [0.25, 0.3) is 0 Å². The van der Waals surface area contributed by atoms with Gasteiger partial charge < -0.3 is 9.84 Å². The molecule has 0 fully saturated rings. The summed E-state index contributed by atoms with van der Waals surface area (Å²) in [4.78, 5) is 11.2. The highest BCUT2D eigenvalue weighted by Gasteiger charge is 2.13. The fraction of sp³-hybridized carbons (Fsp3) is 0.133. The molecule has 1 N–H and O–H groups in total. The standard InChI is InChI=1S/C15H14O3/c1-10-4-3-5-13(15(16)17)14(10)11-6-8-12(18-2)9-7-11/h3-9H,1-2H3,(H,16,17). The van der Waals surface area contributed by atoms with Crippen LogP contribution >= 0.6 is 0 Å². The Hall–Kier alpha value is -2.29. The van der Waals surface area contributed by atoms with Gasteiger partial charge in [-0.25, -0.2) is 4.79 Å². The predicted octanol–water partition coefficient (Wildman–Crippen LogP) is 3.37. The zero-order valence-corrected chi connectivity index (χ0v) is 10.3. The van der Waals surface area contributed by atoms with Crippen LogP contribution in [0.1, 0.15) is 15.9 Å². The molecular formula is C15H14O3. The van der Waals surface area contributed by atoms with Gasteiger partial charge in [-0.3, -0.25) is 0 Å². The van der Waals surface area contributed by atoms with Gasteiger partial charge in [0, 0.05) is 0 Å². The maximum Gasteiger partial charge on any atom is 0.336 e. The van der Waals surface area contributed by atoms with Crippen molar-refractivity contribution in [3.63, 3.8) is 0 Å². The van der Waals surface area contributed by atoms with E-state index in [9.17, 15) is 9.90 Å². The third-order valence-corrected chi connectivity index (χ3v) is 2.88. The molecule has 0 atom stereocenters. The Morgan fingerprint density at radius 2 is 1.78 bits per heavy atom. The molecule has 3 nitrogen and oxygen atoms in total. The number of carboxylic acids is 1. The van der Waals surface area contributed by atoms with Crippen molar-refractivity contribution in [2.45, 2.75) is 6.92 Å². The average molecular weight is 242 g/mol. The summed E-state index contributed by atoms with van der Waals surface area (Å²) < 4.78 is 5.10. The molecule has 0 bridgehead atoms. The van der Waals surface area contributed by atoms with Crippen molar-refractivity contribution < 1.29 is 14.6 Å². The van der Waals surface area contributed by atoms with E-state index in [2.05, 4.69) is 0 Å². The third-order valence-electron chi connectivity index (χ3n) is 2.88. The first-order valence-corrected chi connectivity index (χ1v) is 5.61. The van der Waals surface area contributed by atoms with Crippen LogP contribution in [-0.4, -0.2) is 18.2 Å². The van der Waals surface area contributed by atoms with Crippen LogP contribution in [-0.2, 0) is 0 Å². The highest BCUT2D eigenvalue weighted by atomic mass is 16.5. The largest absolute Gasteiger partial charge is 0.497 e. The molecule has 0 heterocycles. The van der Waals surface area contributed by atoms with E-state index < -0.39 is 5.97 Å². The second-order valence-corrected chi connectivity index (χ2v) is 4.03. The van der Waals surface area contributed by atoms with Crippen LogP contribution in [0.4, 0.5) is 0 Å². The van der Waals surface area contributed by atoms with E-state index >= 15 is 0 Å². The molecule has 0 aromatic heterocycles. The van der Waals surface area contributed by atoms with Gasteiger partial charge in [-0.15, -0.1) is 0 Å². The van der Waals surface area contributed by atoms with Gasteiger partial charge in [0.05, 0.1) is 12.7 Å². The third kappa shape index (κ3) is 2.20. The van der Waals surface area contributed by atoms with Gasteiger partial charge in [-0.05, 0) is 41.8 Å². The van der Waals surface area contributed by atoms with Gasteiger partial charge in [-0.2, -0.15) is 0 Å². The molecular weight excluding hydrogens is 228 g/mol. The van der Waals surface area contributed by atoms with E-state index in [-0.39, 0.29) is 0 Å². The summed E-state index contributed by atoms with van der Waals surface area (Å²) in [7, 11) is 1.60. The quantitative estimate of drug-likeness (QED) is 0.897. The minimum absolute atomic E-state index is 0.320. The van der Waals surface area contributed by atoms with Crippen molar-refractivity contribution in [3.05, 3.63) is 53.6 Å². The van der Waals surface area contributed by atoms with Crippen LogP contribution < -0.4 is 4.74 Å². The molecule has 0 radical (unpaired) electrons. The van der Waals surface area contributed by atoms with Crippen molar-refractivity contribution in [2.24, 2.45) is 0 Å².